The van der Waals surface area contributed by atoms with Crippen LogP contribution in [0.4, 0.5) is 27.6 Å². The summed E-state index contributed by atoms with van der Waals surface area (Å²) < 4.78 is 91.6. The van der Waals surface area contributed by atoms with Gasteiger partial charge < -0.3 is 5.32 Å². The van der Waals surface area contributed by atoms with E-state index < -0.39 is 56.7 Å². The fraction of sp³-hybridized carbons (Fsp3) is 0.188. The third-order valence-electron chi connectivity index (χ3n) is 3.78. The van der Waals surface area contributed by atoms with Crippen LogP contribution in [0, 0.1) is 17.5 Å². The molecular formula is C16H11F5N2O3S. The molecule has 2 N–H and O–H groups in total. The predicted octanol–water partition coefficient (Wildman–Crippen LogP) is 3.04. The number of amides is 1. The lowest BCUT2D eigenvalue weighted by Crippen LogP contribution is -2.30. The summed E-state index contributed by atoms with van der Waals surface area (Å²) in [5.74, 6) is -7.73. The number of rotatable bonds is 5. The maximum Gasteiger partial charge on any atom is 0.266 e. The van der Waals surface area contributed by atoms with E-state index in [1.807, 2.05) is 0 Å². The van der Waals surface area contributed by atoms with Crippen molar-refractivity contribution in [2.24, 2.45) is 0 Å². The molecule has 0 aromatic heterocycles. The van der Waals surface area contributed by atoms with Crippen molar-refractivity contribution in [3.05, 3.63) is 59.4 Å². The van der Waals surface area contributed by atoms with E-state index in [1.165, 1.54) is 0 Å². The van der Waals surface area contributed by atoms with Crippen LogP contribution in [0.2, 0.25) is 0 Å². The van der Waals surface area contributed by atoms with Crippen molar-refractivity contribution in [1.82, 2.24) is 4.72 Å². The molecule has 0 heterocycles. The van der Waals surface area contributed by atoms with Crippen molar-refractivity contribution in [3.63, 3.8) is 0 Å². The molecule has 2 aromatic carbocycles. The zero-order valence-corrected chi connectivity index (χ0v) is 14.1. The molecule has 5 nitrogen and oxygen atoms in total. The molecular weight excluding hydrogens is 395 g/mol. The first kappa shape index (κ1) is 19.2. The van der Waals surface area contributed by atoms with Crippen LogP contribution in [0.25, 0.3) is 0 Å². The molecule has 2 aromatic rings. The molecule has 1 saturated carbocycles. The average Bonchev–Trinajstić information content (AvgIpc) is 3.16. The number of hydrogen-bond acceptors (Lipinski definition) is 3. The van der Waals surface area contributed by atoms with Crippen LogP contribution in [0.15, 0.2) is 41.3 Å². The smallest absolute Gasteiger partial charge is 0.266 e. The number of nitrogens with one attached hydrogen (secondary N) is 2. The number of carbonyl (C=O) groups is 1. The minimum absolute atomic E-state index is 0.122. The van der Waals surface area contributed by atoms with E-state index in [0.29, 0.717) is 18.2 Å². The van der Waals surface area contributed by atoms with Gasteiger partial charge in [-0.1, -0.05) is 0 Å². The zero-order chi connectivity index (χ0) is 20.0. The van der Waals surface area contributed by atoms with Gasteiger partial charge in [-0.2, -0.15) is 0 Å². The van der Waals surface area contributed by atoms with Gasteiger partial charge in [0, 0.05) is 23.7 Å². The van der Waals surface area contributed by atoms with Gasteiger partial charge in [0.2, 0.25) is 10.0 Å². The topological polar surface area (TPSA) is 75.3 Å². The summed E-state index contributed by atoms with van der Waals surface area (Å²) in [6.07, 6.45) is -0.704. The first-order valence-corrected chi connectivity index (χ1v) is 8.94. The Morgan fingerprint density at radius 3 is 2.22 bits per heavy atom. The van der Waals surface area contributed by atoms with Crippen LogP contribution in [-0.2, 0) is 10.0 Å². The third kappa shape index (κ3) is 4.08. The van der Waals surface area contributed by atoms with E-state index in [9.17, 15) is 35.2 Å². The van der Waals surface area contributed by atoms with Gasteiger partial charge in [0.05, 0.1) is 6.04 Å². The monoisotopic (exact) mass is 406 g/mol. The lowest BCUT2D eigenvalue weighted by atomic mass is 10.2. The third-order valence-corrected chi connectivity index (χ3v) is 5.27. The Bertz CT molecular complexity index is 1030. The first-order chi connectivity index (χ1) is 12.5. The highest BCUT2D eigenvalue weighted by Gasteiger charge is 2.58. The summed E-state index contributed by atoms with van der Waals surface area (Å²) in [6, 6.07) is 3.19. The van der Waals surface area contributed by atoms with E-state index in [4.69, 9.17) is 0 Å². The number of hydrogen-bond donors (Lipinski definition) is 2. The quantitative estimate of drug-likeness (QED) is 0.750. The summed E-state index contributed by atoms with van der Waals surface area (Å²) in [6.45, 7) is 0. The Balaban J connectivity index is 1.84. The fourth-order valence-electron chi connectivity index (χ4n) is 2.22. The Morgan fingerprint density at radius 2 is 1.63 bits per heavy atom. The molecule has 0 saturated heterocycles. The van der Waals surface area contributed by atoms with Gasteiger partial charge in [-0.05, 0) is 30.3 Å². The average molecular weight is 406 g/mol. The maximum absolute atomic E-state index is 13.9. The Morgan fingerprint density at radius 1 is 1.00 bits per heavy atom. The van der Waals surface area contributed by atoms with Crippen molar-refractivity contribution < 1.29 is 35.2 Å². The van der Waals surface area contributed by atoms with Crippen molar-refractivity contribution in [2.45, 2.75) is 23.3 Å². The highest BCUT2D eigenvalue weighted by atomic mass is 32.2. The van der Waals surface area contributed by atoms with Crippen molar-refractivity contribution in [3.8, 4) is 0 Å². The summed E-state index contributed by atoms with van der Waals surface area (Å²) in [5.41, 5.74) is -0.451. The van der Waals surface area contributed by atoms with E-state index in [-0.39, 0.29) is 11.3 Å². The number of sulfonamides is 1. The minimum Gasteiger partial charge on any atom is -0.322 e. The maximum atomic E-state index is 13.9. The fourth-order valence-corrected chi connectivity index (χ4v) is 3.58. The standard InChI is InChI=1S/C16H11F5N2O3S/c17-10-4-2-9(6-12(10)19)22-15(24)8-1-3-11(18)13(5-8)27(25,26)23-14-7-16(14,20)21/h1-6,14,23H,7H2,(H,22,24). The van der Waals surface area contributed by atoms with E-state index in [0.717, 1.165) is 18.2 Å². The van der Waals surface area contributed by atoms with Crippen LogP contribution in [-0.4, -0.2) is 26.3 Å². The molecule has 1 atom stereocenters. The van der Waals surface area contributed by atoms with E-state index >= 15 is 0 Å². The van der Waals surface area contributed by atoms with Crippen LogP contribution in [0.1, 0.15) is 16.8 Å². The molecule has 1 fully saturated rings. The molecule has 144 valence electrons. The van der Waals surface area contributed by atoms with Gasteiger partial charge in [-0.15, -0.1) is 0 Å². The molecule has 0 bridgehead atoms. The van der Waals surface area contributed by atoms with Gasteiger partial charge in [0.15, 0.2) is 11.6 Å². The molecule has 11 heteroatoms. The molecule has 0 spiro atoms. The number of alkyl halides is 2. The lowest BCUT2D eigenvalue weighted by molar-refractivity contribution is 0.102. The van der Waals surface area contributed by atoms with Crippen LogP contribution < -0.4 is 10.0 Å². The molecule has 1 aliphatic carbocycles. The molecule has 1 aliphatic rings. The van der Waals surface area contributed by atoms with Gasteiger partial charge in [-0.3, -0.25) is 4.79 Å². The summed E-state index contributed by atoms with van der Waals surface area (Å²) >= 11 is 0. The van der Waals surface area contributed by atoms with Crippen LogP contribution in [0.3, 0.4) is 0 Å². The number of halogens is 5. The molecule has 0 radical (unpaired) electrons. The first-order valence-electron chi connectivity index (χ1n) is 7.46. The second kappa shape index (κ2) is 6.57. The Hall–Kier alpha value is -2.53. The summed E-state index contributed by atoms with van der Waals surface area (Å²) in [4.78, 5) is 11.2. The minimum atomic E-state index is -4.63. The Labute approximate surface area is 150 Å². The number of carbonyl (C=O) groups excluding carboxylic acids is 1. The number of benzene rings is 2. The van der Waals surface area contributed by atoms with Gasteiger partial charge in [-0.25, -0.2) is 35.1 Å². The molecule has 3 rings (SSSR count). The lowest BCUT2D eigenvalue weighted by Gasteiger charge is -2.10. The van der Waals surface area contributed by atoms with Crippen molar-refractivity contribution >= 4 is 21.6 Å². The van der Waals surface area contributed by atoms with Crippen LogP contribution >= 0.6 is 0 Å². The van der Waals surface area contributed by atoms with Gasteiger partial charge in [0.1, 0.15) is 10.7 Å². The molecule has 0 aliphatic heterocycles. The largest absolute Gasteiger partial charge is 0.322 e. The Kier molecular flexibility index (Phi) is 4.68. The molecule has 27 heavy (non-hydrogen) atoms. The molecule has 1 amide bonds. The predicted molar refractivity (Wildman–Crippen MR) is 84.4 cm³/mol. The normalized spacial score (nSPS) is 18.2. The second-order valence-corrected chi connectivity index (χ2v) is 7.55. The van der Waals surface area contributed by atoms with Crippen molar-refractivity contribution in [2.75, 3.05) is 5.32 Å². The summed E-state index contributed by atoms with van der Waals surface area (Å²) in [7, 11) is -4.63. The highest BCUT2D eigenvalue weighted by molar-refractivity contribution is 7.89. The second-order valence-electron chi connectivity index (χ2n) is 5.87. The summed E-state index contributed by atoms with van der Waals surface area (Å²) in [5, 5.41) is 2.19. The van der Waals surface area contributed by atoms with Crippen molar-refractivity contribution in [1.29, 1.82) is 0 Å². The van der Waals surface area contributed by atoms with Gasteiger partial charge >= 0.3 is 0 Å². The molecule has 1 unspecified atom stereocenters. The highest BCUT2D eigenvalue weighted by Crippen LogP contribution is 2.42. The number of anilines is 1. The van der Waals surface area contributed by atoms with Crippen LogP contribution in [0.5, 0.6) is 0 Å². The SMILES string of the molecule is O=C(Nc1ccc(F)c(F)c1)c1ccc(F)c(S(=O)(=O)NC2CC2(F)F)c1. The van der Waals surface area contributed by atoms with E-state index in [2.05, 4.69) is 5.32 Å². The zero-order valence-electron chi connectivity index (χ0n) is 13.3. The van der Waals surface area contributed by atoms with Gasteiger partial charge in [0.25, 0.3) is 11.8 Å². The van der Waals surface area contributed by atoms with E-state index in [1.54, 1.807) is 4.72 Å².